The van der Waals surface area contributed by atoms with Crippen LogP contribution in [0.5, 0.6) is 0 Å². The Morgan fingerprint density at radius 2 is 1.96 bits per heavy atom. The van der Waals surface area contributed by atoms with E-state index in [9.17, 15) is 9.18 Å². The maximum atomic E-state index is 13.8. The van der Waals surface area contributed by atoms with Gasteiger partial charge in [0.25, 0.3) is 0 Å². The first-order valence-corrected chi connectivity index (χ1v) is 7.78. The topological polar surface area (TPSA) is 54.3 Å². The largest absolute Gasteiger partial charge is 0.423 e. The Bertz CT molecular complexity index is 1000. The minimum Gasteiger partial charge on any atom is -0.423 e. The molecule has 1 aromatic heterocycles. The summed E-state index contributed by atoms with van der Waals surface area (Å²) in [5, 5.41) is 7.01. The molecular formula is C17H12ClFN2O2S. The first-order valence-electron chi connectivity index (χ1n) is 7.00. The number of hydrogen-bond donors (Lipinski definition) is 2. The van der Waals surface area contributed by atoms with Gasteiger partial charge in [0.1, 0.15) is 11.4 Å². The number of fused-ring (bicyclic) bond motifs is 1. The van der Waals surface area contributed by atoms with E-state index in [2.05, 4.69) is 10.6 Å². The second kappa shape index (κ2) is 6.59. The summed E-state index contributed by atoms with van der Waals surface area (Å²) in [5.74, 6) is -0.508. The van der Waals surface area contributed by atoms with Gasteiger partial charge in [-0.15, -0.1) is 0 Å². The molecule has 4 nitrogen and oxygen atoms in total. The number of hydrogen-bond acceptors (Lipinski definition) is 3. The zero-order valence-electron chi connectivity index (χ0n) is 12.5. The van der Waals surface area contributed by atoms with Crippen LogP contribution in [0.3, 0.4) is 0 Å². The summed E-state index contributed by atoms with van der Waals surface area (Å²) in [4.78, 5) is 11.5. The van der Waals surface area contributed by atoms with Crippen LogP contribution in [0, 0.1) is 12.7 Å². The van der Waals surface area contributed by atoms with E-state index in [0.717, 1.165) is 10.9 Å². The molecule has 2 N–H and O–H groups in total. The molecule has 0 unspecified atom stereocenters. The maximum absolute atomic E-state index is 13.8. The van der Waals surface area contributed by atoms with Crippen molar-refractivity contribution in [3.8, 4) is 0 Å². The number of anilines is 2. The number of halogens is 2. The third kappa shape index (κ3) is 3.55. The van der Waals surface area contributed by atoms with E-state index in [4.69, 9.17) is 28.2 Å². The second-order valence-corrected chi connectivity index (χ2v) is 6.01. The van der Waals surface area contributed by atoms with Crippen molar-refractivity contribution in [2.45, 2.75) is 6.92 Å². The Morgan fingerprint density at radius 1 is 1.17 bits per heavy atom. The molecule has 3 rings (SSSR count). The van der Waals surface area contributed by atoms with Gasteiger partial charge in [-0.25, -0.2) is 9.18 Å². The smallest absolute Gasteiger partial charge is 0.336 e. The van der Waals surface area contributed by atoms with Gasteiger partial charge in [0.15, 0.2) is 5.11 Å². The third-order valence-electron chi connectivity index (χ3n) is 3.39. The third-order valence-corrected chi connectivity index (χ3v) is 3.83. The van der Waals surface area contributed by atoms with E-state index >= 15 is 0 Å². The molecule has 0 aliphatic heterocycles. The van der Waals surface area contributed by atoms with E-state index in [0.29, 0.717) is 16.3 Å². The molecular weight excluding hydrogens is 351 g/mol. The first-order chi connectivity index (χ1) is 11.4. The molecule has 0 radical (unpaired) electrons. The van der Waals surface area contributed by atoms with E-state index in [1.807, 2.05) is 13.0 Å². The van der Waals surface area contributed by atoms with Crippen LogP contribution in [0.1, 0.15) is 5.56 Å². The molecule has 0 fully saturated rings. The van der Waals surface area contributed by atoms with Crippen LogP contribution in [-0.4, -0.2) is 5.11 Å². The van der Waals surface area contributed by atoms with Gasteiger partial charge in [0, 0.05) is 28.2 Å². The summed E-state index contributed by atoms with van der Waals surface area (Å²) < 4.78 is 18.9. The molecule has 2 aromatic carbocycles. The Kier molecular flexibility index (Phi) is 4.51. The summed E-state index contributed by atoms with van der Waals surface area (Å²) in [6.07, 6.45) is 0. The molecule has 0 spiro atoms. The summed E-state index contributed by atoms with van der Waals surface area (Å²) in [7, 11) is 0. The van der Waals surface area contributed by atoms with Gasteiger partial charge in [-0.3, -0.25) is 0 Å². The van der Waals surface area contributed by atoms with E-state index in [1.54, 1.807) is 18.2 Å². The Labute approximate surface area is 147 Å². The molecule has 0 amide bonds. The minimum absolute atomic E-state index is 0.200. The summed E-state index contributed by atoms with van der Waals surface area (Å²) in [6.45, 7) is 1.84. The highest BCUT2D eigenvalue weighted by Gasteiger charge is 2.07. The highest BCUT2D eigenvalue weighted by atomic mass is 35.5. The number of thiocarbonyl (C=S) groups is 1. The van der Waals surface area contributed by atoms with Crippen molar-refractivity contribution in [3.63, 3.8) is 0 Å². The summed E-state index contributed by atoms with van der Waals surface area (Å²) in [6, 6.07) is 11.0. The number of benzene rings is 2. The maximum Gasteiger partial charge on any atom is 0.336 e. The molecule has 0 saturated heterocycles. The molecule has 122 valence electrons. The van der Waals surface area contributed by atoms with Crippen LogP contribution < -0.4 is 16.3 Å². The van der Waals surface area contributed by atoms with E-state index in [1.165, 1.54) is 18.2 Å². The highest BCUT2D eigenvalue weighted by Crippen LogP contribution is 2.22. The molecule has 3 aromatic rings. The second-order valence-electron chi connectivity index (χ2n) is 5.16. The van der Waals surface area contributed by atoms with Gasteiger partial charge in [-0.2, -0.15) is 0 Å². The average molecular weight is 363 g/mol. The fraction of sp³-hybridized carbons (Fsp3) is 0.0588. The highest BCUT2D eigenvalue weighted by molar-refractivity contribution is 7.80. The number of rotatable bonds is 2. The molecule has 0 aliphatic rings. The minimum atomic E-state index is -0.508. The molecule has 0 saturated carbocycles. The average Bonchev–Trinajstić information content (AvgIpc) is 2.49. The van der Waals surface area contributed by atoms with Crippen molar-refractivity contribution in [2.75, 3.05) is 10.6 Å². The summed E-state index contributed by atoms with van der Waals surface area (Å²) in [5.41, 5.74) is 1.69. The van der Waals surface area contributed by atoms with Crippen LogP contribution in [0.15, 0.2) is 51.7 Å². The lowest BCUT2D eigenvalue weighted by Crippen LogP contribution is -2.19. The van der Waals surface area contributed by atoms with Crippen molar-refractivity contribution in [2.24, 2.45) is 0 Å². The van der Waals surface area contributed by atoms with Crippen LogP contribution in [0.2, 0.25) is 5.02 Å². The van der Waals surface area contributed by atoms with Gasteiger partial charge in [0.05, 0.1) is 5.69 Å². The number of aryl methyl sites for hydroxylation is 1. The molecule has 1 heterocycles. The lowest BCUT2D eigenvalue weighted by Gasteiger charge is -2.12. The summed E-state index contributed by atoms with van der Waals surface area (Å²) >= 11 is 10.9. The van der Waals surface area contributed by atoms with Crippen molar-refractivity contribution in [3.05, 3.63) is 69.3 Å². The predicted molar refractivity (Wildman–Crippen MR) is 98.5 cm³/mol. The van der Waals surface area contributed by atoms with Crippen molar-refractivity contribution in [1.82, 2.24) is 0 Å². The van der Waals surface area contributed by atoms with Crippen LogP contribution in [0.4, 0.5) is 15.8 Å². The van der Waals surface area contributed by atoms with Crippen LogP contribution in [0.25, 0.3) is 11.0 Å². The van der Waals surface area contributed by atoms with E-state index in [-0.39, 0.29) is 10.8 Å². The van der Waals surface area contributed by atoms with Gasteiger partial charge >= 0.3 is 5.63 Å². The van der Waals surface area contributed by atoms with Crippen molar-refractivity contribution < 1.29 is 8.81 Å². The van der Waals surface area contributed by atoms with Gasteiger partial charge in [0.2, 0.25) is 0 Å². The van der Waals surface area contributed by atoms with Gasteiger partial charge in [-0.05, 0) is 55.0 Å². The fourth-order valence-corrected chi connectivity index (χ4v) is 2.66. The quantitative estimate of drug-likeness (QED) is 0.511. The van der Waals surface area contributed by atoms with Crippen LogP contribution >= 0.6 is 23.8 Å². The fourth-order valence-electron chi connectivity index (χ4n) is 2.28. The van der Waals surface area contributed by atoms with Crippen LogP contribution in [-0.2, 0) is 0 Å². The number of nitrogens with one attached hydrogen (secondary N) is 2. The molecule has 0 aliphatic carbocycles. The SMILES string of the molecule is Cc1cc(=O)oc2cc(NC(=S)Nc3ccc(Cl)cc3F)ccc12. The normalized spacial score (nSPS) is 10.6. The van der Waals surface area contributed by atoms with Gasteiger partial charge < -0.3 is 15.1 Å². The lowest BCUT2D eigenvalue weighted by atomic mass is 10.1. The van der Waals surface area contributed by atoms with Crippen molar-refractivity contribution >= 4 is 51.3 Å². The molecule has 0 bridgehead atoms. The monoisotopic (exact) mass is 362 g/mol. The zero-order valence-corrected chi connectivity index (χ0v) is 14.1. The molecule has 0 atom stereocenters. The molecule has 24 heavy (non-hydrogen) atoms. The Balaban J connectivity index is 1.81. The zero-order chi connectivity index (χ0) is 17.3. The molecule has 7 heteroatoms. The van der Waals surface area contributed by atoms with Crippen molar-refractivity contribution in [1.29, 1.82) is 0 Å². The van der Waals surface area contributed by atoms with Gasteiger partial charge in [-0.1, -0.05) is 11.6 Å². The predicted octanol–water partition coefficient (Wildman–Crippen LogP) is 4.70. The first kappa shape index (κ1) is 16.4. The lowest BCUT2D eigenvalue weighted by molar-refractivity contribution is 0.560. The Morgan fingerprint density at radius 3 is 2.71 bits per heavy atom. The Hall–Kier alpha value is -2.44. The standard InChI is InChI=1S/C17H12ClFN2O2S/c1-9-6-16(22)23-15-8-11(3-4-12(9)15)20-17(24)21-14-5-2-10(18)7-13(14)19/h2-8H,1H3,(H2,20,21,24). The van der Waals surface area contributed by atoms with E-state index < -0.39 is 11.4 Å².